The molecule has 0 saturated heterocycles. The number of fused-ring (bicyclic) bond motifs is 1. The Hall–Kier alpha value is -3.85. The molecular formula is C23H28N6O3. The lowest BCUT2D eigenvalue weighted by molar-refractivity contribution is -0.121. The Labute approximate surface area is 185 Å². The van der Waals surface area contributed by atoms with Gasteiger partial charge < -0.3 is 32.7 Å². The van der Waals surface area contributed by atoms with Crippen LogP contribution in [-0.2, 0) is 11.2 Å². The number of amides is 1. The fraction of sp³-hybridized carbons (Fsp3) is 0.261. The molecule has 0 aliphatic carbocycles. The van der Waals surface area contributed by atoms with Crippen LogP contribution in [0.3, 0.4) is 0 Å². The largest absolute Gasteiger partial charge is 0.493 e. The molecule has 3 aromatic rings. The minimum atomic E-state index is -1.87. The lowest BCUT2D eigenvalue weighted by atomic mass is 9.87. The zero-order chi connectivity index (χ0) is 23.1. The van der Waals surface area contributed by atoms with Crippen molar-refractivity contribution in [1.29, 1.82) is 0 Å². The van der Waals surface area contributed by atoms with Crippen LogP contribution in [0.25, 0.3) is 10.9 Å². The highest BCUT2D eigenvalue weighted by atomic mass is 16.5. The maximum absolute atomic E-state index is 13.0. The first-order valence-corrected chi connectivity index (χ1v) is 10.3. The summed E-state index contributed by atoms with van der Waals surface area (Å²) in [4.78, 5) is 31.9. The molecular weight excluding hydrogens is 408 g/mol. The highest BCUT2D eigenvalue weighted by Gasteiger charge is 2.41. The van der Waals surface area contributed by atoms with Gasteiger partial charge in [0, 0.05) is 23.9 Å². The molecule has 9 nitrogen and oxygen atoms in total. The average Bonchev–Trinajstić information content (AvgIpc) is 3.20. The number of Topliss-reactive ketones (excluding diaryl/α,β-unsaturated/α-hetero) is 1. The third-order valence-electron chi connectivity index (χ3n) is 5.21. The van der Waals surface area contributed by atoms with Crippen molar-refractivity contribution in [2.24, 2.45) is 27.9 Å². The second kappa shape index (κ2) is 9.97. The molecule has 1 atom stereocenters. The summed E-state index contributed by atoms with van der Waals surface area (Å²) in [5, 5.41) is 0.762. The van der Waals surface area contributed by atoms with E-state index in [2.05, 4.69) is 9.98 Å². The van der Waals surface area contributed by atoms with Crippen LogP contribution in [0.2, 0.25) is 0 Å². The summed E-state index contributed by atoms with van der Waals surface area (Å²) in [6.07, 6.45) is 1.12. The number of primary amides is 1. The van der Waals surface area contributed by atoms with Crippen molar-refractivity contribution in [2.75, 3.05) is 13.2 Å². The van der Waals surface area contributed by atoms with Crippen molar-refractivity contribution >= 4 is 28.6 Å². The minimum Gasteiger partial charge on any atom is -0.493 e. The topological polar surface area (TPSA) is 176 Å². The number of hydrogen-bond acceptors (Lipinski definition) is 5. The van der Waals surface area contributed by atoms with Gasteiger partial charge in [0.25, 0.3) is 0 Å². The van der Waals surface area contributed by atoms with Crippen LogP contribution in [0.5, 0.6) is 5.75 Å². The van der Waals surface area contributed by atoms with Gasteiger partial charge in [0.1, 0.15) is 5.75 Å². The van der Waals surface area contributed by atoms with Crippen LogP contribution in [-0.4, -0.2) is 41.3 Å². The maximum Gasteiger partial charge on any atom is 0.245 e. The van der Waals surface area contributed by atoms with Crippen LogP contribution in [0.15, 0.2) is 59.6 Å². The number of aromatic nitrogens is 1. The van der Waals surface area contributed by atoms with Crippen molar-refractivity contribution < 1.29 is 14.3 Å². The molecule has 1 aromatic heterocycles. The second-order valence-electron chi connectivity index (χ2n) is 7.59. The molecule has 0 saturated carbocycles. The van der Waals surface area contributed by atoms with E-state index in [9.17, 15) is 9.59 Å². The normalized spacial score (nSPS) is 12.8. The number of rotatable bonds is 11. The third-order valence-corrected chi connectivity index (χ3v) is 5.21. The summed E-state index contributed by atoms with van der Waals surface area (Å²) in [5.41, 5.74) is 22.4. The molecule has 0 aliphatic rings. The van der Waals surface area contributed by atoms with Gasteiger partial charge in [-0.3, -0.25) is 14.6 Å². The van der Waals surface area contributed by atoms with E-state index in [1.54, 1.807) is 6.07 Å². The molecule has 168 valence electrons. The summed E-state index contributed by atoms with van der Waals surface area (Å²) in [6, 6.07) is 17.1. The molecule has 0 unspecified atom stereocenters. The van der Waals surface area contributed by atoms with Crippen molar-refractivity contribution in [3.05, 3.63) is 65.9 Å². The zero-order valence-electron chi connectivity index (χ0n) is 17.7. The molecule has 0 aliphatic heterocycles. The first kappa shape index (κ1) is 22.8. The summed E-state index contributed by atoms with van der Waals surface area (Å²) in [6.45, 7) is 0.757. The SMILES string of the molecule is NC(=O)[C@@](N)(CCCN=C(N)N)C(=O)c1cc2cc(OCCc3ccccc3)ccc2[nH]1. The van der Waals surface area contributed by atoms with Crippen molar-refractivity contribution in [3.63, 3.8) is 0 Å². The minimum absolute atomic E-state index is 0.0150. The number of ether oxygens (including phenoxy) is 1. The highest BCUT2D eigenvalue weighted by Crippen LogP contribution is 2.25. The predicted molar refractivity (Wildman–Crippen MR) is 124 cm³/mol. The van der Waals surface area contributed by atoms with Crippen molar-refractivity contribution in [1.82, 2.24) is 4.98 Å². The lowest BCUT2D eigenvalue weighted by Gasteiger charge is -2.23. The van der Waals surface area contributed by atoms with E-state index < -0.39 is 17.2 Å². The van der Waals surface area contributed by atoms with Gasteiger partial charge in [-0.05, 0) is 42.7 Å². The molecule has 2 aromatic carbocycles. The number of benzene rings is 2. The van der Waals surface area contributed by atoms with Crippen LogP contribution in [0, 0.1) is 0 Å². The Bertz CT molecular complexity index is 1120. The Morgan fingerprint density at radius 1 is 1.03 bits per heavy atom. The second-order valence-corrected chi connectivity index (χ2v) is 7.59. The van der Waals surface area contributed by atoms with Crippen molar-refractivity contribution in [3.8, 4) is 5.75 Å². The number of nitrogens with one attached hydrogen (secondary N) is 1. The fourth-order valence-corrected chi connectivity index (χ4v) is 3.41. The zero-order valence-corrected chi connectivity index (χ0v) is 17.7. The Morgan fingerprint density at radius 3 is 2.47 bits per heavy atom. The van der Waals surface area contributed by atoms with Gasteiger partial charge in [0.05, 0.1) is 12.3 Å². The van der Waals surface area contributed by atoms with E-state index in [-0.39, 0.29) is 24.6 Å². The number of nitrogens with two attached hydrogens (primary N) is 4. The molecule has 9 heteroatoms. The average molecular weight is 437 g/mol. The first-order valence-electron chi connectivity index (χ1n) is 10.3. The lowest BCUT2D eigenvalue weighted by Crippen LogP contribution is -2.58. The Morgan fingerprint density at radius 2 is 1.78 bits per heavy atom. The molecule has 1 amide bonds. The van der Waals surface area contributed by atoms with Crippen LogP contribution in [0.4, 0.5) is 0 Å². The number of hydrogen-bond donors (Lipinski definition) is 5. The monoisotopic (exact) mass is 436 g/mol. The van der Waals surface area contributed by atoms with Crippen LogP contribution >= 0.6 is 0 Å². The number of carbonyl (C=O) groups excluding carboxylic acids is 2. The van der Waals surface area contributed by atoms with E-state index in [1.807, 2.05) is 48.5 Å². The van der Waals surface area contributed by atoms with Crippen LogP contribution < -0.4 is 27.7 Å². The summed E-state index contributed by atoms with van der Waals surface area (Å²) in [7, 11) is 0. The number of nitrogens with zero attached hydrogens (tertiary/aromatic N) is 1. The van der Waals surface area contributed by atoms with E-state index in [1.165, 1.54) is 5.56 Å². The van der Waals surface area contributed by atoms with Crippen LogP contribution in [0.1, 0.15) is 28.9 Å². The summed E-state index contributed by atoms with van der Waals surface area (Å²) >= 11 is 0. The van der Waals surface area contributed by atoms with Gasteiger partial charge in [0.15, 0.2) is 11.5 Å². The summed E-state index contributed by atoms with van der Waals surface area (Å²) < 4.78 is 5.85. The summed E-state index contributed by atoms with van der Waals surface area (Å²) in [5.74, 6) is -0.888. The van der Waals surface area contributed by atoms with Gasteiger partial charge in [-0.1, -0.05) is 30.3 Å². The van der Waals surface area contributed by atoms with Gasteiger partial charge in [-0.2, -0.15) is 0 Å². The van der Waals surface area contributed by atoms with E-state index in [4.69, 9.17) is 27.7 Å². The van der Waals surface area contributed by atoms with E-state index in [0.29, 0.717) is 18.8 Å². The third kappa shape index (κ3) is 5.44. The van der Waals surface area contributed by atoms with Gasteiger partial charge in [-0.15, -0.1) is 0 Å². The first-order chi connectivity index (χ1) is 15.3. The predicted octanol–water partition coefficient (Wildman–Crippen LogP) is 1.21. The molecule has 1 heterocycles. The van der Waals surface area contributed by atoms with Crippen molar-refractivity contribution in [2.45, 2.75) is 24.8 Å². The standard InChI is InChI=1S/C23H28N6O3/c24-21(31)23(27,10-4-11-28-22(25)26)20(30)19-14-16-13-17(7-8-18(16)29-19)32-12-9-15-5-2-1-3-6-15/h1-3,5-8,13-14,29H,4,9-12,27H2,(H2,24,31)(H4,25,26,28)/t23-/m1/s1. The number of aliphatic imine (C=N–C) groups is 1. The van der Waals surface area contributed by atoms with Gasteiger partial charge in [-0.25, -0.2) is 0 Å². The molecule has 32 heavy (non-hydrogen) atoms. The number of guanidine groups is 1. The quantitative estimate of drug-likeness (QED) is 0.0992. The fourth-order valence-electron chi connectivity index (χ4n) is 3.41. The van der Waals surface area contributed by atoms with Gasteiger partial charge >= 0.3 is 0 Å². The Balaban J connectivity index is 1.71. The smallest absolute Gasteiger partial charge is 0.245 e. The van der Waals surface area contributed by atoms with E-state index in [0.717, 1.165) is 17.3 Å². The number of aromatic amines is 1. The molecule has 0 radical (unpaired) electrons. The maximum atomic E-state index is 13.0. The molecule has 9 N–H and O–H groups in total. The molecule has 0 bridgehead atoms. The van der Waals surface area contributed by atoms with E-state index >= 15 is 0 Å². The molecule has 0 spiro atoms. The number of H-pyrrole nitrogens is 1. The Kier molecular flexibility index (Phi) is 7.11. The van der Waals surface area contributed by atoms with Gasteiger partial charge in [0.2, 0.25) is 11.7 Å². The number of ketones is 1. The number of carbonyl (C=O) groups is 2. The molecule has 0 fully saturated rings. The highest BCUT2D eigenvalue weighted by molar-refractivity contribution is 6.17. The molecule has 3 rings (SSSR count).